The first-order valence-corrected chi connectivity index (χ1v) is 62.1. The molecule has 9 saturated heterocycles. The number of nitrogens with zero attached hydrogens (tertiary/aromatic N) is 18. The van der Waals surface area contributed by atoms with Crippen LogP contribution in [0.2, 0.25) is 0 Å². The van der Waals surface area contributed by atoms with E-state index in [2.05, 4.69) is 313 Å². The maximum Gasteiger partial charge on any atom is 0.123 e. The second-order valence-electron chi connectivity index (χ2n) is 59.4. The topological polar surface area (TPSA) is 158 Å². The Balaban J connectivity index is 0.0000000986. The van der Waals surface area contributed by atoms with Crippen molar-refractivity contribution in [2.75, 3.05) is 118 Å². The maximum absolute atomic E-state index is 6.15. The molecule has 150 heavy (non-hydrogen) atoms. The van der Waals surface area contributed by atoms with Gasteiger partial charge in [0, 0.05) is 235 Å². The van der Waals surface area contributed by atoms with Crippen LogP contribution in [-0.4, -0.2) is 216 Å². The molecule has 0 unspecified atom stereocenters. The van der Waals surface area contributed by atoms with Crippen LogP contribution < -0.4 is 0 Å². The number of thiophene rings is 1. The third-order valence-electron chi connectivity index (χ3n) is 37.7. The van der Waals surface area contributed by atoms with Crippen molar-refractivity contribution in [2.45, 2.75) is 501 Å². The molecule has 29 aliphatic rings. The summed E-state index contributed by atoms with van der Waals surface area (Å²) in [5.74, 6) is 9.24. The van der Waals surface area contributed by atoms with Crippen LogP contribution in [0.25, 0.3) is 0 Å². The fourth-order valence-electron chi connectivity index (χ4n) is 28.1. The van der Waals surface area contributed by atoms with Crippen LogP contribution in [0, 0.1) is 0 Å². The smallest absolute Gasteiger partial charge is 0.123 e. The van der Waals surface area contributed by atoms with E-state index < -0.39 is 0 Å². The third kappa shape index (κ3) is 24.1. The minimum Gasteiger partial charge on any atom is -0.465 e. The predicted octanol–water partition coefficient (Wildman–Crippen LogP) is 27.2. The van der Waals surface area contributed by atoms with Crippen molar-refractivity contribution in [1.29, 1.82) is 0 Å². The van der Waals surface area contributed by atoms with Gasteiger partial charge in [0.05, 0.1) is 57.8 Å². The molecule has 0 spiro atoms. The Bertz CT molecular complexity index is 5450. The molecular formula is C127H198N20OS2. The molecule has 27 aliphatic heterocycles. The van der Waals surface area contributed by atoms with Crippen LogP contribution >= 0.6 is 22.7 Å². The summed E-state index contributed by atoms with van der Waals surface area (Å²) in [7, 11) is 0. The predicted molar refractivity (Wildman–Crippen MR) is 618 cm³/mol. The molecule has 18 bridgehead atoms. The van der Waals surface area contributed by atoms with E-state index in [0.717, 1.165) is 92.6 Å². The van der Waals surface area contributed by atoms with Gasteiger partial charge >= 0.3 is 0 Å². The standard InChI is InChI=1S/C17H26N2.C16H25N3.C14H22N2.C14H21NO.C14H21NS.3C13H21N3.C13H20N2S/c1-17(2,3)15-10-13-11-18-8-6-12(7-9-18)16(13)19(15)14-4-5-14;1-16(2,3)15-13-10-18-8-6-11(7-9-18)14(13)19(17-15)12-4-5-12;1-14(2,3)12-8-11-9-16-6-4-10(5-7-16)13(11)15-12;2*1-14(2,3)12-8-11-9-15-6-4-10(5-7-15)13(11)16-12;1-13(2,3)11-8-16-10-4-6-15(7-5-10)9-12(16)14-11;1-13(2,3)12-8-11-9-15-6-4-10(5-7-15)16(11)14-12;1-13(2,3)12-10-8-16-6-4-9(5-7-16)11(10)14-15-12;1-13(2,3)12-14-10-8-15-6-4-9(5-7-15)11(10)16-12/h10,12,14H,4-9,11H2,1-3H3;11-12H,4-10H2,1-3H3;8,10,15H,4-7,9H2,1-3H3;4*8,10H,4-7,9H2,1-3H3;9H,4-8H2,1-3H3,(H,14,15);9H,4-8H2,1-3H3. The summed E-state index contributed by atoms with van der Waals surface area (Å²) in [6, 6.07) is 15.0. The second kappa shape index (κ2) is 42.5. The minimum atomic E-state index is 0.140. The number of imidazole rings is 1. The lowest BCUT2D eigenvalue weighted by Gasteiger charge is -2.29. The Labute approximate surface area is 913 Å². The van der Waals surface area contributed by atoms with Gasteiger partial charge in [0.15, 0.2) is 0 Å². The van der Waals surface area contributed by atoms with Crippen LogP contribution in [0.1, 0.15) is 532 Å². The average Bonchev–Trinajstić information content (AvgIpc) is 1.58. The van der Waals surface area contributed by atoms with Gasteiger partial charge in [-0.05, 0) is 297 Å². The highest BCUT2D eigenvalue weighted by molar-refractivity contribution is 7.12. The lowest BCUT2D eigenvalue weighted by molar-refractivity contribution is 0.205. The van der Waals surface area contributed by atoms with Crippen molar-refractivity contribution in [3.63, 3.8) is 0 Å². The van der Waals surface area contributed by atoms with E-state index in [4.69, 9.17) is 24.6 Å². The van der Waals surface area contributed by atoms with E-state index in [1.807, 2.05) is 11.3 Å². The molecule has 0 aromatic carbocycles. The monoisotopic (exact) mass is 2080 g/mol. The summed E-state index contributed by atoms with van der Waals surface area (Å²) in [4.78, 5) is 41.7. The summed E-state index contributed by atoms with van der Waals surface area (Å²) in [5.41, 5.74) is 28.5. The molecular weight excluding hydrogens is 1890 g/mol. The molecule has 2 N–H and O–H groups in total. The third-order valence-corrected chi connectivity index (χ3v) is 41.1. The number of piperidine rings is 9. The number of hydrogen-bond donors (Lipinski definition) is 2. The number of thiazole rings is 1. The van der Waals surface area contributed by atoms with Crippen molar-refractivity contribution < 1.29 is 4.42 Å². The van der Waals surface area contributed by atoms with Gasteiger partial charge in [-0.3, -0.25) is 58.6 Å². The number of rotatable bonds is 2. The molecule has 21 nitrogen and oxygen atoms in total. The molecule has 2 saturated carbocycles. The van der Waals surface area contributed by atoms with E-state index in [-0.39, 0.29) is 43.3 Å². The van der Waals surface area contributed by atoms with Crippen LogP contribution in [0.5, 0.6) is 0 Å². The summed E-state index contributed by atoms with van der Waals surface area (Å²) in [6.07, 6.45) is 31.7. The quantitative estimate of drug-likeness (QED) is 0.168. The SMILES string of the molecule is CC(C)(C)c1cc2c([nH]1)C1CCN(CC1)C2.CC(C)(C)c1cc2c(n1C1CC1)C1CCN(CC1)C2.CC(C)(C)c1cc2c(o1)C1CCN(CC1)C2.CC(C)(C)c1cc2c(s1)C1CCN(CC1)C2.CC(C)(C)c1cc2n(n1)C1CCN(CC1)C2.CC(C)(C)c1cn2c(n1)CN1CCC2CC1.CC(C)(C)c1n[nH]c2c1CN1CCC2CC1.CC(C)(C)c1nc2c(s1)C1CCN(CC1)C2.CC(C)(C)c1nn(C2CC2)c2c1CN1CCC2CC1. The minimum absolute atomic E-state index is 0.140. The fourth-order valence-corrected chi connectivity index (χ4v) is 30.8. The molecule has 9 aromatic rings. The van der Waals surface area contributed by atoms with Gasteiger partial charge in [-0.1, -0.05) is 187 Å². The Kier molecular flexibility index (Phi) is 30.9. The van der Waals surface area contributed by atoms with Gasteiger partial charge in [-0.15, -0.1) is 22.7 Å². The van der Waals surface area contributed by atoms with E-state index in [9.17, 15) is 0 Å². The second-order valence-corrected chi connectivity index (χ2v) is 61.5. The Morgan fingerprint density at radius 2 is 0.773 bits per heavy atom. The fraction of sp³-hybridized carbons (Fsp3) is 0.756. The molecule has 2 aliphatic carbocycles. The number of nitrogens with one attached hydrogen (secondary N) is 2. The van der Waals surface area contributed by atoms with Crippen molar-refractivity contribution in [1.82, 2.24) is 97.9 Å². The number of furan rings is 1. The van der Waals surface area contributed by atoms with Gasteiger partial charge in [-0.25, -0.2) is 9.97 Å². The van der Waals surface area contributed by atoms with E-state index >= 15 is 0 Å². The van der Waals surface area contributed by atoms with E-state index in [1.54, 1.807) is 59.7 Å². The van der Waals surface area contributed by atoms with Gasteiger partial charge in [0.25, 0.3) is 0 Å². The first-order chi connectivity index (χ1) is 70.9. The molecule has 9 aromatic heterocycles. The Hall–Kier alpha value is -6.35. The van der Waals surface area contributed by atoms with Crippen molar-refractivity contribution in [3.8, 4) is 0 Å². The maximum atomic E-state index is 6.15. The zero-order chi connectivity index (χ0) is 106. The van der Waals surface area contributed by atoms with Crippen molar-refractivity contribution in [3.05, 3.63) is 175 Å². The highest BCUT2D eigenvalue weighted by Crippen LogP contribution is 2.53. The molecule has 0 radical (unpaired) electrons. The Morgan fingerprint density at radius 3 is 1.29 bits per heavy atom. The first-order valence-electron chi connectivity index (χ1n) is 60.5. The van der Waals surface area contributed by atoms with Crippen LogP contribution in [-0.2, 0) is 108 Å². The normalized spacial score (nSPS) is 29.3. The van der Waals surface area contributed by atoms with Crippen LogP contribution in [0.3, 0.4) is 0 Å². The molecule has 38 rings (SSSR count). The van der Waals surface area contributed by atoms with Crippen molar-refractivity contribution >= 4 is 22.7 Å². The largest absolute Gasteiger partial charge is 0.465 e. The van der Waals surface area contributed by atoms with Gasteiger partial charge in [0.1, 0.15) is 17.3 Å². The summed E-state index contributed by atoms with van der Waals surface area (Å²) >= 11 is 4.07. The number of fused-ring (bicyclic) bond motifs is 18. The van der Waals surface area contributed by atoms with Gasteiger partial charge in [-0.2, -0.15) is 15.3 Å². The van der Waals surface area contributed by atoms with Gasteiger partial charge < -0.3 is 18.5 Å². The summed E-state index contributed by atoms with van der Waals surface area (Å²) in [5, 5.41) is 19.2. The van der Waals surface area contributed by atoms with E-state index in [0.29, 0.717) is 23.4 Å². The molecule has 23 heteroatoms. The van der Waals surface area contributed by atoms with Gasteiger partial charge in [0.2, 0.25) is 0 Å². The number of aromatic nitrogens is 11. The van der Waals surface area contributed by atoms with Crippen molar-refractivity contribution in [2.24, 2.45) is 0 Å². The zero-order valence-corrected chi connectivity index (χ0v) is 100. The number of hydrogen-bond acceptors (Lipinski definition) is 17. The highest BCUT2D eigenvalue weighted by atomic mass is 32.1. The molecule has 0 amide bonds. The first kappa shape index (κ1) is 109. The number of H-pyrrole nitrogens is 2. The van der Waals surface area contributed by atoms with E-state index in [1.165, 1.54) is 352 Å². The highest BCUT2D eigenvalue weighted by Gasteiger charge is 2.46. The lowest BCUT2D eigenvalue weighted by Crippen LogP contribution is -2.30. The summed E-state index contributed by atoms with van der Waals surface area (Å²) in [6.45, 7) is 94.8. The molecule has 0 atom stereocenters. The van der Waals surface area contributed by atoms with Crippen LogP contribution in [0.15, 0.2) is 40.9 Å². The average molecular weight is 2090 g/mol. The van der Waals surface area contributed by atoms with Crippen LogP contribution in [0.4, 0.5) is 0 Å². The molecule has 11 fully saturated rings. The number of aromatic amines is 2. The molecule has 36 heterocycles. The summed E-state index contributed by atoms with van der Waals surface area (Å²) < 4.78 is 16.1. The molecule has 824 valence electrons. The lowest BCUT2D eigenvalue weighted by atomic mass is 9.86. The zero-order valence-electron chi connectivity index (χ0n) is 98.7. The Morgan fingerprint density at radius 1 is 0.313 bits per heavy atom.